The number of piperidine rings is 2. The molecule has 0 spiro atoms. The van der Waals surface area contributed by atoms with E-state index in [4.69, 9.17) is 0 Å². The molecule has 2 aliphatic rings. The molecule has 1 atom stereocenters. The Morgan fingerprint density at radius 3 is 2.70 bits per heavy atom. The Balaban J connectivity index is 1.44. The summed E-state index contributed by atoms with van der Waals surface area (Å²) in [5, 5.41) is 4.52. The van der Waals surface area contributed by atoms with Crippen molar-refractivity contribution in [1.29, 1.82) is 0 Å². The van der Waals surface area contributed by atoms with Crippen LogP contribution in [-0.2, 0) is 4.79 Å². The van der Waals surface area contributed by atoms with Crippen molar-refractivity contribution in [2.75, 3.05) is 38.1 Å². The van der Waals surface area contributed by atoms with Crippen LogP contribution in [0.5, 0.6) is 0 Å². The number of nitrogens with zero attached hydrogens (tertiary/aromatic N) is 4. The van der Waals surface area contributed by atoms with E-state index in [2.05, 4.69) is 38.9 Å². The number of rotatable bonds is 3. The fraction of sp³-hybridized carbons (Fsp3) is 0.650. The molecular formula is C20H29N5OS. The molecule has 4 heterocycles. The van der Waals surface area contributed by atoms with E-state index in [1.165, 1.54) is 22.2 Å². The standard InChI is InChI=1S/C20H29N5OS/c1-13-14(2)27-19-17(13)18(22-12-23-19)24-9-6-15(7-10-24)20(26)25-8-4-5-16(11-25)21-3/h12,15-16,21H,4-11H2,1-3H3. The quantitative estimate of drug-likeness (QED) is 0.877. The zero-order chi connectivity index (χ0) is 19.0. The number of hydrogen-bond donors (Lipinski definition) is 1. The number of likely N-dealkylation sites (N-methyl/N-ethyl adjacent to an activating group) is 1. The molecule has 146 valence electrons. The Labute approximate surface area is 165 Å². The Morgan fingerprint density at radius 1 is 1.19 bits per heavy atom. The average molecular weight is 388 g/mol. The predicted octanol–water partition coefficient (Wildman–Crippen LogP) is 2.73. The molecule has 7 heteroatoms. The molecule has 4 rings (SSSR count). The second-order valence-corrected chi connectivity index (χ2v) is 9.04. The fourth-order valence-electron chi connectivity index (χ4n) is 4.41. The number of carbonyl (C=O) groups is 1. The van der Waals surface area contributed by atoms with Crippen LogP contribution in [0.25, 0.3) is 10.2 Å². The maximum atomic E-state index is 13.0. The first-order chi connectivity index (χ1) is 13.1. The highest BCUT2D eigenvalue weighted by molar-refractivity contribution is 7.18. The number of thiophene rings is 1. The lowest BCUT2D eigenvalue weighted by molar-refractivity contribution is -0.137. The first kappa shape index (κ1) is 18.6. The van der Waals surface area contributed by atoms with Crippen molar-refractivity contribution >= 4 is 33.3 Å². The maximum Gasteiger partial charge on any atom is 0.225 e. The van der Waals surface area contributed by atoms with Crippen LogP contribution < -0.4 is 10.2 Å². The molecule has 0 bridgehead atoms. The Bertz CT molecular complexity index is 827. The third-order valence-corrected chi connectivity index (χ3v) is 7.35. The van der Waals surface area contributed by atoms with Crippen LogP contribution in [0.4, 0.5) is 5.82 Å². The van der Waals surface area contributed by atoms with Crippen LogP contribution in [0.2, 0.25) is 0 Å². The van der Waals surface area contributed by atoms with Gasteiger partial charge in [-0.3, -0.25) is 4.79 Å². The first-order valence-electron chi connectivity index (χ1n) is 10.00. The van der Waals surface area contributed by atoms with E-state index in [0.29, 0.717) is 11.9 Å². The highest BCUT2D eigenvalue weighted by atomic mass is 32.1. The smallest absolute Gasteiger partial charge is 0.225 e. The molecule has 0 aromatic carbocycles. The maximum absolute atomic E-state index is 13.0. The van der Waals surface area contributed by atoms with Gasteiger partial charge in [0.05, 0.1) is 5.39 Å². The van der Waals surface area contributed by atoms with Gasteiger partial charge in [-0.25, -0.2) is 9.97 Å². The molecule has 2 fully saturated rings. The highest BCUT2D eigenvalue weighted by Crippen LogP contribution is 2.35. The minimum absolute atomic E-state index is 0.152. The Morgan fingerprint density at radius 2 is 1.96 bits per heavy atom. The number of hydrogen-bond acceptors (Lipinski definition) is 6. The summed E-state index contributed by atoms with van der Waals surface area (Å²) >= 11 is 1.74. The molecule has 1 amide bonds. The van der Waals surface area contributed by atoms with Crippen LogP contribution in [0.3, 0.4) is 0 Å². The number of fused-ring (bicyclic) bond motifs is 1. The average Bonchev–Trinajstić information content (AvgIpc) is 3.01. The number of nitrogens with one attached hydrogen (secondary N) is 1. The van der Waals surface area contributed by atoms with Gasteiger partial charge in [0.25, 0.3) is 0 Å². The van der Waals surface area contributed by atoms with E-state index in [0.717, 1.165) is 56.1 Å². The number of carbonyl (C=O) groups excluding carboxylic acids is 1. The molecule has 1 N–H and O–H groups in total. The molecule has 1 unspecified atom stereocenters. The van der Waals surface area contributed by atoms with Gasteiger partial charge in [0.15, 0.2) is 0 Å². The van der Waals surface area contributed by atoms with Gasteiger partial charge in [0.2, 0.25) is 5.91 Å². The normalized spacial score (nSPS) is 21.8. The summed E-state index contributed by atoms with van der Waals surface area (Å²) in [4.78, 5) is 28.8. The zero-order valence-electron chi connectivity index (χ0n) is 16.5. The van der Waals surface area contributed by atoms with Crippen molar-refractivity contribution in [3.8, 4) is 0 Å². The third-order valence-electron chi connectivity index (χ3n) is 6.23. The molecule has 2 saturated heterocycles. The predicted molar refractivity (Wildman–Crippen MR) is 110 cm³/mol. The largest absolute Gasteiger partial charge is 0.356 e. The van der Waals surface area contributed by atoms with Gasteiger partial charge in [0.1, 0.15) is 17.0 Å². The molecule has 2 aliphatic heterocycles. The minimum Gasteiger partial charge on any atom is -0.356 e. The monoisotopic (exact) mass is 387 g/mol. The van der Waals surface area contributed by atoms with Crippen molar-refractivity contribution in [3.05, 3.63) is 16.8 Å². The van der Waals surface area contributed by atoms with Gasteiger partial charge in [-0.1, -0.05) is 0 Å². The fourth-order valence-corrected chi connectivity index (χ4v) is 5.40. The van der Waals surface area contributed by atoms with Crippen molar-refractivity contribution in [2.45, 2.75) is 45.6 Å². The molecule has 0 saturated carbocycles. The van der Waals surface area contributed by atoms with Gasteiger partial charge >= 0.3 is 0 Å². The number of aryl methyl sites for hydroxylation is 2. The third kappa shape index (κ3) is 3.55. The number of aromatic nitrogens is 2. The topological polar surface area (TPSA) is 61.4 Å². The summed E-state index contributed by atoms with van der Waals surface area (Å²) in [7, 11) is 1.99. The van der Waals surface area contributed by atoms with E-state index in [1.54, 1.807) is 17.7 Å². The van der Waals surface area contributed by atoms with E-state index in [-0.39, 0.29) is 5.92 Å². The van der Waals surface area contributed by atoms with Gasteiger partial charge in [-0.05, 0) is 52.1 Å². The summed E-state index contributed by atoms with van der Waals surface area (Å²) in [6, 6.07) is 0.446. The van der Waals surface area contributed by atoms with E-state index >= 15 is 0 Å². The Hall–Kier alpha value is -1.73. The zero-order valence-corrected chi connectivity index (χ0v) is 17.3. The van der Waals surface area contributed by atoms with E-state index < -0.39 is 0 Å². The summed E-state index contributed by atoms with van der Waals surface area (Å²) in [6.45, 7) is 7.85. The van der Waals surface area contributed by atoms with Crippen LogP contribution in [0.1, 0.15) is 36.1 Å². The summed E-state index contributed by atoms with van der Waals surface area (Å²) in [6.07, 6.45) is 5.77. The summed E-state index contributed by atoms with van der Waals surface area (Å²) in [5.41, 5.74) is 1.29. The van der Waals surface area contributed by atoms with Crippen LogP contribution in [0, 0.1) is 19.8 Å². The lowest BCUT2D eigenvalue weighted by Gasteiger charge is -2.38. The molecule has 2 aromatic heterocycles. The molecular weight excluding hydrogens is 358 g/mol. The van der Waals surface area contributed by atoms with Gasteiger partial charge in [0, 0.05) is 43.0 Å². The van der Waals surface area contributed by atoms with Crippen LogP contribution in [0.15, 0.2) is 6.33 Å². The lowest BCUT2D eigenvalue weighted by Crippen LogP contribution is -2.50. The number of amides is 1. The number of likely N-dealkylation sites (tertiary alicyclic amines) is 1. The lowest BCUT2D eigenvalue weighted by atomic mass is 9.93. The SMILES string of the molecule is CNC1CCCN(C(=O)C2CCN(c3ncnc4sc(C)c(C)c34)CC2)C1. The Kier molecular flexibility index (Phi) is 5.32. The van der Waals surface area contributed by atoms with E-state index in [1.807, 2.05) is 7.05 Å². The van der Waals surface area contributed by atoms with Gasteiger partial charge in [-0.2, -0.15) is 0 Å². The first-order valence-corrected chi connectivity index (χ1v) is 10.8. The summed E-state index contributed by atoms with van der Waals surface area (Å²) in [5.74, 6) is 1.55. The molecule has 0 radical (unpaired) electrons. The molecule has 0 aliphatic carbocycles. The van der Waals surface area contributed by atoms with Gasteiger partial charge < -0.3 is 15.1 Å². The molecule has 2 aromatic rings. The molecule has 6 nitrogen and oxygen atoms in total. The van der Waals surface area contributed by atoms with Crippen LogP contribution >= 0.6 is 11.3 Å². The van der Waals surface area contributed by atoms with Crippen molar-refractivity contribution in [1.82, 2.24) is 20.2 Å². The van der Waals surface area contributed by atoms with E-state index in [9.17, 15) is 4.79 Å². The van der Waals surface area contributed by atoms with Crippen molar-refractivity contribution in [2.24, 2.45) is 5.92 Å². The molecule has 27 heavy (non-hydrogen) atoms. The number of anilines is 1. The van der Waals surface area contributed by atoms with Crippen molar-refractivity contribution < 1.29 is 4.79 Å². The van der Waals surface area contributed by atoms with Crippen LogP contribution in [-0.4, -0.2) is 60.0 Å². The summed E-state index contributed by atoms with van der Waals surface area (Å²) < 4.78 is 0. The van der Waals surface area contributed by atoms with Crippen molar-refractivity contribution in [3.63, 3.8) is 0 Å². The second-order valence-electron chi connectivity index (χ2n) is 7.83. The highest BCUT2D eigenvalue weighted by Gasteiger charge is 2.32. The minimum atomic E-state index is 0.152. The van der Waals surface area contributed by atoms with Gasteiger partial charge in [-0.15, -0.1) is 11.3 Å². The second kappa shape index (κ2) is 7.72.